The van der Waals surface area contributed by atoms with Gasteiger partial charge in [-0.05, 0) is 51.1 Å². The molecule has 1 heteroatoms. The van der Waals surface area contributed by atoms with Gasteiger partial charge >= 0.3 is 0 Å². The van der Waals surface area contributed by atoms with Crippen LogP contribution in [0.15, 0.2) is 11.6 Å². The number of allylic oxidation sites excluding steroid dienone is 1. The first-order valence-corrected chi connectivity index (χ1v) is 6.77. The fourth-order valence-electron chi connectivity index (χ4n) is 2.31. The molecule has 15 heavy (non-hydrogen) atoms. The molecule has 1 nitrogen and oxygen atoms in total. The Labute approximate surface area is 95.3 Å². The predicted molar refractivity (Wildman–Crippen MR) is 68.1 cm³/mol. The van der Waals surface area contributed by atoms with E-state index < -0.39 is 0 Å². The summed E-state index contributed by atoms with van der Waals surface area (Å²) in [7, 11) is 0. The van der Waals surface area contributed by atoms with Crippen LogP contribution in [0, 0.1) is 5.92 Å². The summed E-state index contributed by atoms with van der Waals surface area (Å²) in [5, 5.41) is 3.47. The van der Waals surface area contributed by atoms with Gasteiger partial charge in [-0.3, -0.25) is 0 Å². The summed E-state index contributed by atoms with van der Waals surface area (Å²) in [6, 6.07) is 0. The topological polar surface area (TPSA) is 12.0 Å². The lowest BCUT2D eigenvalue weighted by Crippen LogP contribution is -2.13. The molecule has 1 saturated heterocycles. The second-order valence-electron chi connectivity index (χ2n) is 4.74. The van der Waals surface area contributed by atoms with Crippen molar-refractivity contribution in [3.63, 3.8) is 0 Å². The number of hydrogen-bond donors (Lipinski definition) is 1. The monoisotopic (exact) mass is 209 g/mol. The van der Waals surface area contributed by atoms with Crippen molar-refractivity contribution in [1.29, 1.82) is 0 Å². The Morgan fingerprint density at radius 1 is 1.27 bits per heavy atom. The largest absolute Gasteiger partial charge is 0.316 e. The number of hydrogen-bond acceptors (Lipinski definition) is 1. The maximum atomic E-state index is 3.47. The molecule has 0 spiro atoms. The van der Waals surface area contributed by atoms with Gasteiger partial charge in [-0.15, -0.1) is 0 Å². The van der Waals surface area contributed by atoms with Gasteiger partial charge in [0.25, 0.3) is 0 Å². The normalized spacial score (nSPS) is 22.7. The van der Waals surface area contributed by atoms with Crippen LogP contribution in [-0.4, -0.2) is 13.1 Å². The average molecular weight is 209 g/mol. The lowest BCUT2D eigenvalue weighted by molar-refractivity contribution is 0.534. The summed E-state index contributed by atoms with van der Waals surface area (Å²) in [5.41, 5.74) is 1.71. The minimum Gasteiger partial charge on any atom is -0.316 e. The van der Waals surface area contributed by atoms with Crippen molar-refractivity contribution in [2.75, 3.05) is 13.1 Å². The molecular formula is C14H27N. The molecule has 0 radical (unpaired) electrons. The molecule has 0 aromatic carbocycles. The van der Waals surface area contributed by atoms with Gasteiger partial charge in [-0.2, -0.15) is 0 Å². The molecule has 0 saturated carbocycles. The fraction of sp³-hybridized carbons (Fsp3) is 0.857. The van der Waals surface area contributed by atoms with Gasteiger partial charge in [0.05, 0.1) is 0 Å². The Bertz CT molecular complexity index is 174. The molecule has 1 N–H and O–H groups in total. The maximum absolute atomic E-state index is 3.47. The molecule has 0 aliphatic carbocycles. The van der Waals surface area contributed by atoms with Crippen LogP contribution in [0.2, 0.25) is 0 Å². The van der Waals surface area contributed by atoms with Crippen molar-refractivity contribution >= 4 is 0 Å². The molecule has 0 aromatic rings. The van der Waals surface area contributed by atoms with Crippen LogP contribution in [0.1, 0.15) is 58.8 Å². The van der Waals surface area contributed by atoms with E-state index in [1.165, 1.54) is 58.0 Å². The van der Waals surface area contributed by atoms with Crippen molar-refractivity contribution < 1.29 is 0 Å². The standard InChI is InChI=1S/C14H27N/c1-3-5-7-13(4-2)12-14-8-6-10-15-11-9-14/h12-13,15H,3-11H2,1-2H3/b14-12-. The first-order valence-electron chi connectivity index (χ1n) is 6.77. The van der Waals surface area contributed by atoms with E-state index in [0.717, 1.165) is 5.92 Å². The zero-order chi connectivity index (χ0) is 10.9. The van der Waals surface area contributed by atoms with Crippen molar-refractivity contribution in [3.05, 3.63) is 11.6 Å². The van der Waals surface area contributed by atoms with Crippen LogP contribution in [0.25, 0.3) is 0 Å². The van der Waals surface area contributed by atoms with E-state index in [9.17, 15) is 0 Å². The highest BCUT2D eigenvalue weighted by atomic mass is 14.8. The molecule has 0 aromatic heterocycles. The molecule has 1 atom stereocenters. The lowest BCUT2D eigenvalue weighted by atomic mass is 9.94. The SMILES string of the molecule is CCCCC(/C=C1/CCCNCC1)CC. The molecule has 1 aliphatic rings. The van der Waals surface area contributed by atoms with E-state index in [-0.39, 0.29) is 0 Å². The van der Waals surface area contributed by atoms with Crippen molar-refractivity contribution in [2.24, 2.45) is 5.92 Å². The maximum Gasteiger partial charge on any atom is -0.00116 e. The Morgan fingerprint density at radius 2 is 2.13 bits per heavy atom. The predicted octanol–water partition coefficient (Wildman–Crippen LogP) is 3.90. The Kier molecular flexibility index (Phi) is 6.74. The molecule has 1 fully saturated rings. The summed E-state index contributed by atoms with van der Waals surface area (Å²) < 4.78 is 0. The van der Waals surface area contributed by atoms with E-state index >= 15 is 0 Å². The van der Waals surface area contributed by atoms with E-state index in [4.69, 9.17) is 0 Å². The molecule has 88 valence electrons. The Hall–Kier alpha value is -0.300. The van der Waals surface area contributed by atoms with Crippen molar-refractivity contribution in [2.45, 2.75) is 58.8 Å². The second kappa shape index (κ2) is 7.92. The number of nitrogens with one attached hydrogen (secondary N) is 1. The number of unbranched alkanes of at least 4 members (excludes halogenated alkanes) is 1. The van der Waals surface area contributed by atoms with Crippen LogP contribution in [0.5, 0.6) is 0 Å². The van der Waals surface area contributed by atoms with Crippen molar-refractivity contribution in [1.82, 2.24) is 5.32 Å². The molecule has 1 unspecified atom stereocenters. The van der Waals surface area contributed by atoms with Gasteiger partial charge in [0.15, 0.2) is 0 Å². The van der Waals surface area contributed by atoms with E-state index in [1.807, 2.05) is 0 Å². The Morgan fingerprint density at radius 3 is 2.87 bits per heavy atom. The third-order valence-electron chi connectivity index (χ3n) is 3.40. The summed E-state index contributed by atoms with van der Waals surface area (Å²) >= 11 is 0. The molecule has 0 bridgehead atoms. The summed E-state index contributed by atoms with van der Waals surface area (Å²) in [4.78, 5) is 0. The molecule has 1 heterocycles. The quantitative estimate of drug-likeness (QED) is 0.677. The van der Waals surface area contributed by atoms with Gasteiger partial charge in [0, 0.05) is 0 Å². The van der Waals surface area contributed by atoms with Gasteiger partial charge in [-0.1, -0.05) is 38.3 Å². The summed E-state index contributed by atoms with van der Waals surface area (Å²) in [6.07, 6.45) is 12.0. The first kappa shape index (κ1) is 12.8. The molecular weight excluding hydrogens is 182 g/mol. The summed E-state index contributed by atoms with van der Waals surface area (Å²) in [5.74, 6) is 0.845. The van der Waals surface area contributed by atoms with Gasteiger partial charge < -0.3 is 5.32 Å². The lowest BCUT2D eigenvalue weighted by Gasteiger charge is -2.12. The minimum absolute atomic E-state index is 0.845. The highest BCUT2D eigenvalue weighted by Crippen LogP contribution is 2.20. The third-order valence-corrected chi connectivity index (χ3v) is 3.40. The van der Waals surface area contributed by atoms with Crippen LogP contribution in [-0.2, 0) is 0 Å². The zero-order valence-corrected chi connectivity index (χ0v) is 10.5. The second-order valence-corrected chi connectivity index (χ2v) is 4.74. The third kappa shape index (κ3) is 5.36. The molecule has 0 amide bonds. The van der Waals surface area contributed by atoms with E-state index in [1.54, 1.807) is 5.57 Å². The van der Waals surface area contributed by atoms with Crippen LogP contribution in [0.4, 0.5) is 0 Å². The summed E-state index contributed by atoms with van der Waals surface area (Å²) in [6.45, 7) is 7.01. The van der Waals surface area contributed by atoms with Crippen LogP contribution in [0.3, 0.4) is 0 Å². The van der Waals surface area contributed by atoms with Crippen LogP contribution < -0.4 is 5.32 Å². The number of rotatable bonds is 5. The van der Waals surface area contributed by atoms with Crippen LogP contribution >= 0.6 is 0 Å². The van der Waals surface area contributed by atoms with Gasteiger partial charge in [0.2, 0.25) is 0 Å². The highest BCUT2D eigenvalue weighted by Gasteiger charge is 2.07. The Balaban J connectivity index is 2.40. The van der Waals surface area contributed by atoms with Gasteiger partial charge in [-0.25, -0.2) is 0 Å². The first-order chi connectivity index (χ1) is 7.36. The molecule has 1 rings (SSSR count). The van der Waals surface area contributed by atoms with E-state index in [0.29, 0.717) is 0 Å². The zero-order valence-electron chi connectivity index (χ0n) is 10.5. The fourth-order valence-corrected chi connectivity index (χ4v) is 2.31. The minimum atomic E-state index is 0.845. The average Bonchev–Trinajstić information content (AvgIpc) is 2.52. The van der Waals surface area contributed by atoms with Gasteiger partial charge in [0.1, 0.15) is 0 Å². The highest BCUT2D eigenvalue weighted by molar-refractivity contribution is 5.06. The smallest absolute Gasteiger partial charge is 0.00116 e. The molecule has 1 aliphatic heterocycles. The van der Waals surface area contributed by atoms with Crippen molar-refractivity contribution in [3.8, 4) is 0 Å². The van der Waals surface area contributed by atoms with E-state index in [2.05, 4.69) is 25.2 Å².